The van der Waals surface area contributed by atoms with E-state index in [0.717, 1.165) is 11.8 Å². The predicted octanol–water partition coefficient (Wildman–Crippen LogP) is 3.18. The Bertz CT molecular complexity index is 605. The lowest BCUT2D eigenvalue weighted by molar-refractivity contribution is -0.115. The van der Waals surface area contributed by atoms with Crippen molar-refractivity contribution in [2.24, 2.45) is 0 Å². The summed E-state index contributed by atoms with van der Waals surface area (Å²) >= 11 is 6.03. The molecule has 1 heterocycles. The third-order valence-electron chi connectivity index (χ3n) is 2.42. The lowest BCUT2D eigenvalue weighted by Crippen LogP contribution is -2.17. The summed E-state index contributed by atoms with van der Waals surface area (Å²) in [4.78, 5) is 12.0. The van der Waals surface area contributed by atoms with Gasteiger partial charge in [-0.2, -0.15) is 8.78 Å². The van der Waals surface area contributed by atoms with Crippen LogP contribution in [-0.4, -0.2) is 23.4 Å². The average Bonchev–Trinajstić information content (AvgIpc) is 2.71. The molecular formula is C13H11F2NO3S2. The number of nitrogens with one attached hydrogen (secondary N) is 1. The molecule has 0 saturated carbocycles. The molecular weight excluding hydrogens is 320 g/mol. The zero-order valence-electron chi connectivity index (χ0n) is 10.9. The minimum Gasteiger partial charge on any atom is -0.490 e. The van der Waals surface area contributed by atoms with E-state index in [4.69, 9.17) is 17.0 Å². The van der Waals surface area contributed by atoms with E-state index in [-0.39, 0.29) is 17.4 Å². The van der Waals surface area contributed by atoms with Crippen molar-refractivity contribution < 1.29 is 23.0 Å². The first-order valence-corrected chi connectivity index (χ1v) is 7.18. The van der Waals surface area contributed by atoms with E-state index < -0.39 is 6.61 Å². The third kappa shape index (κ3) is 4.15. The molecule has 0 radical (unpaired) electrons. The fraction of sp³-hybridized carbons (Fsp3) is 0.231. The largest absolute Gasteiger partial charge is 0.490 e. The molecule has 0 aromatic heterocycles. The van der Waals surface area contributed by atoms with Gasteiger partial charge < -0.3 is 14.8 Å². The number of thiocarbonyl (C=S) groups is 1. The molecule has 1 aliphatic rings. The number of benzene rings is 1. The second-order valence-electron chi connectivity index (χ2n) is 3.87. The highest BCUT2D eigenvalue weighted by molar-refractivity contribution is 8.26. The maximum atomic E-state index is 12.3. The highest BCUT2D eigenvalue weighted by Gasteiger charge is 2.22. The smallest absolute Gasteiger partial charge is 0.387 e. The molecule has 1 aromatic carbocycles. The van der Waals surface area contributed by atoms with Crippen LogP contribution in [0.5, 0.6) is 11.5 Å². The molecule has 1 saturated heterocycles. The zero-order chi connectivity index (χ0) is 15.4. The Morgan fingerprint density at radius 3 is 2.76 bits per heavy atom. The van der Waals surface area contributed by atoms with Crippen molar-refractivity contribution in [3.8, 4) is 11.5 Å². The standard InChI is InChI=1S/C13H11F2NO3S2/c1-2-18-9-5-7(3-4-8(9)19-12(14)15)6-10-11(17)16-13(20)21-10/h3-6,12H,2H2,1H3,(H,16,17,20). The molecule has 112 valence electrons. The summed E-state index contributed by atoms with van der Waals surface area (Å²) in [6.45, 7) is -0.892. The number of hydrogen-bond acceptors (Lipinski definition) is 5. The second kappa shape index (κ2) is 6.86. The van der Waals surface area contributed by atoms with E-state index in [2.05, 4.69) is 10.1 Å². The number of ether oxygens (including phenoxy) is 2. The number of amides is 1. The van der Waals surface area contributed by atoms with Crippen molar-refractivity contribution in [2.75, 3.05) is 6.61 Å². The van der Waals surface area contributed by atoms with Gasteiger partial charge in [-0.05, 0) is 30.7 Å². The van der Waals surface area contributed by atoms with Gasteiger partial charge in [-0.1, -0.05) is 30.0 Å². The molecule has 21 heavy (non-hydrogen) atoms. The minimum absolute atomic E-state index is 0.0481. The van der Waals surface area contributed by atoms with Gasteiger partial charge in [-0.15, -0.1) is 0 Å². The van der Waals surface area contributed by atoms with Crippen LogP contribution in [0.1, 0.15) is 12.5 Å². The number of rotatable bonds is 5. The van der Waals surface area contributed by atoms with Crippen molar-refractivity contribution in [1.82, 2.24) is 5.32 Å². The van der Waals surface area contributed by atoms with Crippen LogP contribution in [0.4, 0.5) is 8.78 Å². The van der Waals surface area contributed by atoms with Gasteiger partial charge in [0.25, 0.3) is 5.91 Å². The number of alkyl halides is 2. The number of hydrogen-bond donors (Lipinski definition) is 1. The van der Waals surface area contributed by atoms with Crippen LogP contribution in [0, 0.1) is 0 Å². The highest BCUT2D eigenvalue weighted by Crippen LogP contribution is 2.32. The van der Waals surface area contributed by atoms with Crippen LogP contribution in [-0.2, 0) is 4.79 Å². The lowest BCUT2D eigenvalue weighted by Gasteiger charge is -2.11. The van der Waals surface area contributed by atoms with Crippen LogP contribution < -0.4 is 14.8 Å². The summed E-state index contributed by atoms with van der Waals surface area (Å²) in [6.07, 6.45) is 1.61. The Balaban J connectivity index is 2.29. The molecule has 1 amide bonds. The SMILES string of the molecule is CCOc1cc(C=C2SC(=S)NC2=O)ccc1OC(F)F. The van der Waals surface area contributed by atoms with E-state index in [1.807, 2.05) is 0 Å². The van der Waals surface area contributed by atoms with Crippen LogP contribution in [0.3, 0.4) is 0 Å². The summed E-state index contributed by atoms with van der Waals surface area (Å²) in [5.74, 6) is -0.137. The molecule has 0 bridgehead atoms. The fourth-order valence-corrected chi connectivity index (χ4v) is 2.69. The Kier molecular flexibility index (Phi) is 5.13. The van der Waals surface area contributed by atoms with Gasteiger partial charge in [-0.25, -0.2) is 0 Å². The molecule has 0 unspecified atom stereocenters. The lowest BCUT2D eigenvalue weighted by atomic mass is 10.2. The van der Waals surface area contributed by atoms with Crippen molar-refractivity contribution in [1.29, 1.82) is 0 Å². The van der Waals surface area contributed by atoms with Crippen molar-refractivity contribution in [2.45, 2.75) is 13.5 Å². The van der Waals surface area contributed by atoms with E-state index in [0.29, 0.717) is 21.4 Å². The molecule has 0 spiro atoms. The number of halogens is 2. The molecule has 1 aliphatic heterocycles. The summed E-state index contributed by atoms with van der Waals surface area (Å²) < 4.78 is 34.6. The summed E-state index contributed by atoms with van der Waals surface area (Å²) in [5, 5.41) is 2.50. The van der Waals surface area contributed by atoms with Gasteiger partial charge in [0.15, 0.2) is 11.5 Å². The Morgan fingerprint density at radius 2 is 2.19 bits per heavy atom. The van der Waals surface area contributed by atoms with Gasteiger partial charge in [-0.3, -0.25) is 4.79 Å². The van der Waals surface area contributed by atoms with Crippen LogP contribution in [0.25, 0.3) is 6.08 Å². The molecule has 0 atom stereocenters. The molecule has 0 aliphatic carbocycles. The van der Waals surface area contributed by atoms with Crippen molar-refractivity contribution >= 4 is 40.3 Å². The molecule has 8 heteroatoms. The van der Waals surface area contributed by atoms with Gasteiger partial charge in [0, 0.05) is 0 Å². The van der Waals surface area contributed by atoms with E-state index in [1.54, 1.807) is 19.1 Å². The first-order valence-electron chi connectivity index (χ1n) is 5.96. The Morgan fingerprint density at radius 1 is 1.43 bits per heavy atom. The summed E-state index contributed by atoms with van der Waals surface area (Å²) in [5.41, 5.74) is 0.627. The van der Waals surface area contributed by atoms with Gasteiger partial charge in [0.2, 0.25) is 0 Å². The molecule has 1 aromatic rings. The second-order valence-corrected chi connectivity index (χ2v) is 5.59. The first-order chi connectivity index (χ1) is 9.99. The van der Waals surface area contributed by atoms with Crippen LogP contribution >= 0.6 is 24.0 Å². The number of carbonyl (C=O) groups excluding carboxylic acids is 1. The normalized spacial score (nSPS) is 16.5. The van der Waals surface area contributed by atoms with Gasteiger partial charge in [0.05, 0.1) is 11.5 Å². The van der Waals surface area contributed by atoms with Gasteiger partial charge in [0.1, 0.15) is 4.32 Å². The van der Waals surface area contributed by atoms with Gasteiger partial charge >= 0.3 is 6.61 Å². The van der Waals surface area contributed by atoms with Crippen LogP contribution in [0.2, 0.25) is 0 Å². The predicted molar refractivity (Wildman–Crippen MR) is 80.6 cm³/mol. The average molecular weight is 331 g/mol. The molecule has 4 nitrogen and oxygen atoms in total. The Labute approximate surface area is 129 Å². The topological polar surface area (TPSA) is 47.6 Å². The molecule has 1 N–H and O–H groups in total. The summed E-state index contributed by atoms with van der Waals surface area (Å²) in [7, 11) is 0. The van der Waals surface area contributed by atoms with Crippen molar-refractivity contribution in [3.63, 3.8) is 0 Å². The summed E-state index contributed by atoms with van der Waals surface area (Å²) in [6, 6.07) is 4.46. The zero-order valence-corrected chi connectivity index (χ0v) is 12.5. The van der Waals surface area contributed by atoms with Crippen molar-refractivity contribution in [3.05, 3.63) is 28.7 Å². The quantitative estimate of drug-likeness (QED) is 0.663. The monoisotopic (exact) mass is 331 g/mol. The number of thioether (sulfide) groups is 1. The molecule has 2 rings (SSSR count). The van der Waals surface area contributed by atoms with Crippen LogP contribution in [0.15, 0.2) is 23.1 Å². The first kappa shape index (κ1) is 15.7. The fourth-order valence-electron chi connectivity index (χ4n) is 1.65. The maximum Gasteiger partial charge on any atom is 0.387 e. The van der Waals surface area contributed by atoms with E-state index in [9.17, 15) is 13.6 Å². The van der Waals surface area contributed by atoms with E-state index >= 15 is 0 Å². The van der Waals surface area contributed by atoms with E-state index in [1.165, 1.54) is 12.1 Å². The minimum atomic E-state index is -2.93. The number of carbonyl (C=O) groups is 1. The molecule has 1 fully saturated rings. The maximum absolute atomic E-state index is 12.3. The Hall–Kier alpha value is -1.67. The third-order valence-corrected chi connectivity index (χ3v) is 3.59. The highest BCUT2D eigenvalue weighted by atomic mass is 32.2.